The number of carbonyl (C=O) groups is 2. The molecule has 0 saturated carbocycles. The summed E-state index contributed by atoms with van der Waals surface area (Å²) in [5.74, 6) is -0.822. The average molecular weight is 367 g/mol. The van der Waals surface area contributed by atoms with Gasteiger partial charge in [-0.3, -0.25) is 4.79 Å². The van der Waals surface area contributed by atoms with Crippen LogP contribution in [0, 0.1) is 0 Å². The Kier molecular flexibility index (Phi) is 6.58. The number of rotatable bonds is 5. The van der Waals surface area contributed by atoms with Crippen LogP contribution in [0.25, 0.3) is 0 Å². The Hall–Kier alpha value is -1.89. The second kappa shape index (κ2) is 8.47. The molecule has 0 aromatic heterocycles. The van der Waals surface area contributed by atoms with Crippen molar-refractivity contribution in [2.24, 2.45) is 0 Å². The van der Waals surface area contributed by atoms with E-state index in [0.717, 1.165) is 31.9 Å². The predicted octanol–water partition coefficient (Wildman–Crippen LogP) is 2.18. The summed E-state index contributed by atoms with van der Waals surface area (Å²) in [5, 5.41) is 0. The van der Waals surface area contributed by atoms with Crippen LogP contribution in [0.2, 0.25) is 0 Å². The number of hydrogen-bond donors (Lipinski definition) is 0. The summed E-state index contributed by atoms with van der Waals surface area (Å²) < 4.78 is 27.8. The molecule has 0 radical (unpaired) electrons. The van der Waals surface area contributed by atoms with Crippen molar-refractivity contribution in [2.45, 2.75) is 44.5 Å². The van der Waals surface area contributed by atoms with E-state index in [4.69, 9.17) is 4.74 Å². The first-order chi connectivity index (χ1) is 11.8. The highest BCUT2D eigenvalue weighted by molar-refractivity contribution is 7.89. The van der Waals surface area contributed by atoms with Crippen LogP contribution in [0.4, 0.5) is 0 Å². The Bertz CT molecular complexity index is 703. The van der Waals surface area contributed by atoms with Crippen LogP contribution in [-0.4, -0.2) is 50.6 Å². The highest BCUT2D eigenvalue weighted by atomic mass is 32.2. The Balaban J connectivity index is 1.95. The number of carbonyl (C=O) groups excluding carboxylic acids is 2. The molecule has 2 rings (SSSR count). The van der Waals surface area contributed by atoms with E-state index in [2.05, 4.69) is 0 Å². The monoisotopic (exact) mass is 367 g/mol. The molecule has 6 nitrogen and oxygen atoms in total. The molecular weight excluding hydrogens is 342 g/mol. The minimum atomic E-state index is -3.12. The van der Waals surface area contributed by atoms with E-state index in [1.807, 2.05) is 0 Å². The summed E-state index contributed by atoms with van der Waals surface area (Å²) in [6.45, 7) is 3.00. The van der Waals surface area contributed by atoms with Crippen LogP contribution in [0.3, 0.4) is 0 Å². The van der Waals surface area contributed by atoms with E-state index in [0.29, 0.717) is 24.2 Å². The molecule has 1 aliphatic rings. The first-order valence-electron chi connectivity index (χ1n) is 8.53. The minimum Gasteiger partial charge on any atom is -0.449 e. The fourth-order valence-corrected chi connectivity index (χ4v) is 3.66. The normalized spacial score (nSPS) is 16.8. The molecule has 7 heteroatoms. The van der Waals surface area contributed by atoms with E-state index < -0.39 is 21.9 Å². The van der Waals surface area contributed by atoms with Crippen LogP contribution < -0.4 is 0 Å². The lowest BCUT2D eigenvalue weighted by Gasteiger charge is -2.24. The zero-order valence-corrected chi connectivity index (χ0v) is 15.5. The van der Waals surface area contributed by atoms with E-state index in [1.165, 1.54) is 12.1 Å². The van der Waals surface area contributed by atoms with E-state index in [1.54, 1.807) is 24.0 Å². The second-order valence-electron chi connectivity index (χ2n) is 6.55. The molecule has 0 bridgehead atoms. The van der Waals surface area contributed by atoms with E-state index >= 15 is 0 Å². The lowest BCUT2D eigenvalue weighted by molar-refractivity contribution is -0.139. The van der Waals surface area contributed by atoms with Crippen LogP contribution in [0.15, 0.2) is 24.3 Å². The number of likely N-dealkylation sites (tertiary alicyclic amines) is 1. The largest absolute Gasteiger partial charge is 0.449 e. The van der Waals surface area contributed by atoms with Gasteiger partial charge >= 0.3 is 5.97 Å². The molecule has 1 amide bonds. The van der Waals surface area contributed by atoms with Crippen LogP contribution in [-0.2, 0) is 25.1 Å². The molecule has 138 valence electrons. The molecule has 1 heterocycles. The van der Waals surface area contributed by atoms with Crippen molar-refractivity contribution in [3.8, 4) is 0 Å². The van der Waals surface area contributed by atoms with Gasteiger partial charge in [-0.1, -0.05) is 25.0 Å². The standard InChI is InChI=1S/C18H25NO5S/c1-14(17(20)19-11-5-3-4-6-12-19)24-18(21)16-9-7-15(8-10-16)13-25(2,22)23/h7-10,14H,3-6,11-13H2,1-2H3/t14-/m0/s1. The van der Waals surface area contributed by atoms with Gasteiger partial charge in [0.1, 0.15) is 0 Å². The van der Waals surface area contributed by atoms with Gasteiger partial charge in [-0.2, -0.15) is 0 Å². The number of benzene rings is 1. The molecule has 1 saturated heterocycles. The number of hydrogen-bond acceptors (Lipinski definition) is 5. The maximum atomic E-state index is 12.4. The van der Waals surface area contributed by atoms with Crippen molar-refractivity contribution >= 4 is 21.7 Å². The predicted molar refractivity (Wildman–Crippen MR) is 94.9 cm³/mol. The van der Waals surface area contributed by atoms with Gasteiger partial charge in [0, 0.05) is 19.3 Å². The minimum absolute atomic E-state index is 0.0772. The van der Waals surface area contributed by atoms with Gasteiger partial charge in [0.25, 0.3) is 5.91 Å². The third kappa shape index (κ3) is 6.16. The molecule has 0 aliphatic carbocycles. The summed E-state index contributed by atoms with van der Waals surface area (Å²) in [5.41, 5.74) is 0.903. The van der Waals surface area contributed by atoms with Gasteiger partial charge in [0.05, 0.1) is 11.3 Å². The number of ether oxygens (including phenoxy) is 1. The van der Waals surface area contributed by atoms with Crippen molar-refractivity contribution in [1.29, 1.82) is 0 Å². The van der Waals surface area contributed by atoms with Crippen molar-refractivity contribution in [3.63, 3.8) is 0 Å². The molecule has 0 N–H and O–H groups in total. The Labute approximate surface area is 149 Å². The smallest absolute Gasteiger partial charge is 0.338 e. The Morgan fingerprint density at radius 2 is 1.64 bits per heavy atom. The topological polar surface area (TPSA) is 80.8 Å². The van der Waals surface area contributed by atoms with Crippen molar-refractivity contribution in [3.05, 3.63) is 35.4 Å². The number of nitrogens with zero attached hydrogens (tertiary/aromatic N) is 1. The first kappa shape index (κ1) is 19.4. The summed E-state index contributed by atoms with van der Waals surface area (Å²) in [6, 6.07) is 6.20. The highest BCUT2D eigenvalue weighted by Gasteiger charge is 2.24. The number of amides is 1. The summed E-state index contributed by atoms with van der Waals surface area (Å²) in [4.78, 5) is 26.4. The van der Waals surface area contributed by atoms with E-state index in [-0.39, 0.29) is 11.7 Å². The fraction of sp³-hybridized carbons (Fsp3) is 0.556. The van der Waals surface area contributed by atoms with Gasteiger partial charge in [-0.25, -0.2) is 13.2 Å². The van der Waals surface area contributed by atoms with Crippen molar-refractivity contribution in [2.75, 3.05) is 19.3 Å². The second-order valence-corrected chi connectivity index (χ2v) is 8.69. The van der Waals surface area contributed by atoms with Crippen LogP contribution >= 0.6 is 0 Å². The molecule has 1 atom stereocenters. The Morgan fingerprint density at radius 1 is 1.08 bits per heavy atom. The van der Waals surface area contributed by atoms with Gasteiger partial charge < -0.3 is 9.64 Å². The van der Waals surface area contributed by atoms with E-state index in [9.17, 15) is 18.0 Å². The maximum Gasteiger partial charge on any atom is 0.338 e. The quantitative estimate of drug-likeness (QED) is 0.745. The fourth-order valence-electron chi connectivity index (χ4n) is 2.87. The lowest BCUT2D eigenvalue weighted by Crippen LogP contribution is -2.40. The van der Waals surface area contributed by atoms with Crippen LogP contribution in [0.5, 0.6) is 0 Å². The molecule has 0 unspecified atom stereocenters. The summed E-state index contributed by atoms with van der Waals surface area (Å²) in [7, 11) is -3.12. The van der Waals surface area contributed by atoms with Gasteiger partial charge in [0.15, 0.2) is 15.9 Å². The summed E-state index contributed by atoms with van der Waals surface area (Å²) in [6.07, 6.45) is 4.53. The molecular formula is C18H25NO5S. The third-order valence-corrected chi connectivity index (χ3v) is 5.03. The molecule has 1 aromatic rings. The number of esters is 1. The summed E-state index contributed by atoms with van der Waals surface area (Å²) >= 11 is 0. The van der Waals surface area contributed by atoms with Gasteiger partial charge in [0.2, 0.25) is 0 Å². The molecule has 0 spiro atoms. The maximum absolute atomic E-state index is 12.4. The number of sulfone groups is 1. The first-order valence-corrected chi connectivity index (χ1v) is 10.6. The van der Waals surface area contributed by atoms with Gasteiger partial charge in [-0.05, 0) is 37.5 Å². The SMILES string of the molecule is C[C@H](OC(=O)c1ccc(CS(C)(=O)=O)cc1)C(=O)N1CCCCCC1. The average Bonchev–Trinajstić information content (AvgIpc) is 2.82. The Morgan fingerprint density at radius 3 is 2.16 bits per heavy atom. The highest BCUT2D eigenvalue weighted by Crippen LogP contribution is 2.14. The zero-order valence-electron chi connectivity index (χ0n) is 14.7. The molecule has 1 aromatic carbocycles. The molecule has 1 aliphatic heterocycles. The third-order valence-electron chi connectivity index (χ3n) is 4.17. The molecule has 1 fully saturated rings. The molecule has 25 heavy (non-hydrogen) atoms. The zero-order chi connectivity index (χ0) is 18.4. The van der Waals surface area contributed by atoms with Crippen LogP contribution in [0.1, 0.15) is 48.5 Å². The van der Waals surface area contributed by atoms with Crippen molar-refractivity contribution in [1.82, 2.24) is 4.90 Å². The van der Waals surface area contributed by atoms with Gasteiger partial charge in [-0.15, -0.1) is 0 Å². The lowest BCUT2D eigenvalue weighted by atomic mass is 10.1. The van der Waals surface area contributed by atoms with Crippen molar-refractivity contribution < 1.29 is 22.7 Å².